The van der Waals surface area contributed by atoms with Crippen molar-refractivity contribution in [1.82, 2.24) is 15.3 Å². The lowest BCUT2D eigenvalue weighted by Gasteiger charge is -2.34. The van der Waals surface area contributed by atoms with Gasteiger partial charge in [-0.05, 0) is 7.05 Å². The number of rotatable bonds is 2. The SMILES string of the molecule is CNN1CCN(CC(F)(F)F)CC1. The third kappa shape index (κ3) is 3.93. The largest absolute Gasteiger partial charge is 0.401 e. The van der Waals surface area contributed by atoms with Gasteiger partial charge in [0.2, 0.25) is 0 Å². The first-order valence-electron chi connectivity index (χ1n) is 4.23. The number of hydrogen-bond acceptors (Lipinski definition) is 3. The Balaban J connectivity index is 2.25. The van der Waals surface area contributed by atoms with Gasteiger partial charge in [-0.25, -0.2) is 5.01 Å². The summed E-state index contributed by atoms with van der Waals surface area (Å²) >= 11 is 0. The molecular weight excluding hydrogens is 183 g/mol. The minimum atomic E-state index is -4.07. The van der Waals surface area contributed by atoms with Crippen molar-refractivity contribution in [3.8, 4) is 0 Å². The molecule has 0 aromatic rings. The monoisotopic (exact) mass is 197 g/mol. The van der Waals surface area contributed by atoms with Crippen LogP contribution in [0, 0.1) is 0 Å². The number of hydrazine groups is 1. The Bertz CT molecular complexity index is 152. The van der Waals surface area contributed by atoms with E-state index in [0.717, 1.165) is 0 Å². The molecule has 1 rings (SSSR count). The molecule has 1 saturated heterocycles. The molecule has 1 fully saturated rings. The van der Waals surface area contributed by atoms with Gasteiger partial charge in [-0.3, -0.25) is 10.3 Å². The van der Waals surface area contributed by atoms with E-state index in [-0.39, 0.29) is 0 Å². The van der Waals surface area contributed by atoms with Crippen LogP contribution < -0.4 is 5.43 Å². The third-order valence-corrected chi connectivity index (χ3v) is 2.09. The molecule has 0 bridgehead atoms. The first-order chi connectivity index (χ1) is 6.01. The summed E-state index contributed by atoms with van der Waals surface area (Å²) in [5, 5.41) is 1.91. The average Bonchev–Trinajstić information content (AvgIpc) is 2.03. The van der Waals surface area contributed by atoms with Crippen LogP contribution in [-0.4, -0.2) is 55.9 Å². The molecule has 0 aliphatic carbocycles. The second kappa shape index (κ2) is 4.26. The van der Waals surface area contributed by atoms with Crippen molar-refractivity contribution in [2.45, 2.75) is 6.18 Å². The van der Waals surface area contributed by atoms with Gasteiger partial charge in [0, 0.05) is 26.2 Å². The van der Waals surface area contributed by atoms with Crippen molar-refractivity contribution in [2.75, 3.05) is 39.8 Å². The second-order valence-corrected chi connectivity index (χ2v) is 3.10. The third-order valence-electron chi connectivity index (χ3n) is 2.09. The number of halogens is 3. The van der Waals surface area contributed by atoms with Gasteiger partial charge in [0.05, 0.1) is 6.54 Å². The van der Waals surface area contributed by atoms with E-state index in [9.17, 15) is 13.2 Å². The molecule has 1 N–H and O–H groups in total. The lowest BCUT2D eigenvalue weighted by molar-refractivity contribution is -0.150. The minimum Gasteiger partial charge on any atom is -0.292 e. The molecule has 1 aliphatic heterocycles. The summed E-state index contributed by atoms with van der Waals surface area (Å²) in [7, 11) is 1.78. The average molecular weight is 197 g/mol. The lowest BCUT2D eigenvalue weighted by atomic mass is 10.3. The number of nitrogens with zero attached hydrogens (tertiary/aromatic N) is 2. The van der Waals surface area contributed by atoms with Crippen LogP contribution >= 0.6 is 0 Å². The van der Waals surface area contributed by atoms with Gasteiger partial charge in [0.25, 0.3) is 0 Å². The fourth-order valence-corrected chi connectivity index (χ4v) is 1.38. The number of alkyl halides is 3. The van der Waals surface area contributed by atoms with Gasteiger partial charge in [0.1, 0.15) is 0 Å². The van der Waals surface area contributed by atoms with E-state index in [1.165, 1.54) is 4.90 Å². The molecule has 3 nitrogen and oxygen atoms in total. The van der Waals surface area contributed by atoms with E-state index in [4.69, 9.17) is 0 Å². The molecular formula is C7H14F3N3. The minimum absolute atomic E-state index is 0.473. The van der Waals surface area contributed by atoms with Crippen LogP contribution in [0.2, 0.25) is 0 Å². The van der Waals surface area contributed by atoms with Crippen LogP contribution in [0.15, 0.2) is 0 Å². The Hall–Kier alpha value is -0.330. The fourth-order valence-electron chi connectivity index (χ4n) is 1.38. The van der Waals surface area contributed by atoms with Crippen LogP contribution in [0.5, 0.6) is 0 Å². The Kier molecular flexibility index (Phi) is 3.52. The summed E-state index contributed by atoms with van der Waals surface area (Å²) in [6, 6.07) is 0. The summed E-state index contributed by atoms with van der Waals surface area (Å²) in [5.74, 6) is 0. The topological polar surface area (TPSA) is 18.5 Å². The summed E-state index contributed by atoms with van der Waals surface area (Å²) in [4.78, 5) is 1.42. The molecule has 0 spiro atoms. The summed E-state index contributed by atoms with van der Waals surface area (Å²) in [6.07, 6.45) is -4.07. The molecule has 78 valence electrons. The zero-order valence-electron chi connectivity index (χ0n) is 7.56. The zero-order valence-corrected chi connectivity index (χ0v) is 7.56. The zero-order chi connectivity index (χ0) is 9.90. The Labute approximate surface area is 75.5 Å². The highest BCUT2D eigenvalue weighted by Crippen LogP contribution is 2.16. The summed E-state index contributed by atoms with van der Waals surface area (Å²) in [6.45, 7) is 1.45. The first kappa shape index (κ1) is 10.7. The maximum Gasteiger partial charge on any atom is 0.401 e. The standard InChI is InChI=1S/C7H14F3N3/c1-11-13-4-2-12(3-5-13)6-7(8,9)10/h11H,2-6H2,1H3. The van der Waals surface area contributed by atoms with Gasteiger partial charge in [-0.2, -0.15) is 13.2 Å². The van der Waals surface area contributed by atoms with E-state index in [0.29, 0.717) is 26.2 Å². The van der Waals surface area contributed by atoms with Crippen molar-refractivity contribution in [3.05, 3.63) is 0 Å². The van der Waals surface area contributed by atoms with E-state index in [1.54, 1.807) is 7.05 Å². The van der Waals surface area contributed by atoms with E-state index >= 15 is 0 Å². The molecule has 0 saturated carbocycles. The maximum atomic E-state index is 11.9. The van der Waals surface area contributed by atoms with Crippen LogP contribution in [0.4, 0.5) is 13.2 Å². The number of nitrogens with one attached hydrogen (secondary N) is 1. The number of piperazine rings is 1. The first-order valence-corrected chi connectivity index (χ1v) is 4.23. The fraction of sp³-hybridized carbons (Fsp3) is 1.00. The van der Waals surface area contributed by atoms with Crippen LogP contribution in [0.3, 0.4) is 0 Å². The molecule has 0 amide bonds. The quantitative estimate of drug-likeness (QED) is 0.687. The van der Waals surface area contributed by atoms with Crippen LogP contribution in [0.1, 0.15) is 0 Å². The van der Waals surface area contributed by atoms with Crippen LogP contribution in [0.25, 0.3) is 0 Å². The molecule has 1 heterocycles. The Morgan fingerprint density at radius 2 is 1.69 bits per heavy atom. The van der Waals surface area contributed by atoms with Crippen molar-refractivity contribution in [1.29, 1.82) is 0 Å². The van der Waals surface area contributed by atoms with Gasteiger partial charge in [-0.1, -0.05) is 0 Å². The molecule has 0 unspecified atom stereocenters. The van der Waals surface area contributed by atoms with E-state index in [2.05, 4.69) is 5.43 Å². The normalized spacial score (nSPS) is 22.2. The van der Waals surface area contributed by atoms with Crippen molar-refractivity contribution in [3.63, 3.8) is 0 Å². The molecule has 0 aromatic carbocycles. The van der Waals surface area contributed by atoms with E-state index < -0.39 is 12.7 Å². The van der Waals surface area contributed by atoms with Gasteiger partial charge >= 0.3 is 6.18 Å². The lowest BCUT2D eigenvalue weighted by Crippen LogP contribution is -2.52. The number of hydrogen-bond donors (Lipinski definition) is 1. The molecule has 0 radical (unpaired) electrons. The van der Waals surface area contributed by atoms with E-state index in [1.807, 2.05) is 5.01 Å². The molecule has 13 heavy (non-hydrogen) atoms. The molecule has 0 aromatic heterocycles. The van der Waals surface area contributed by atoms with Gasteiger partial charge in [-0.15, -0.1) is 0 Å². The van der Waals surface area contributed by atoms with Crippen molar-refractivity contribution >= 4 is 0 Å². The highest BCUT2D eigenvalue weighted by atomic mass is 19.4. The molecule has 6 heteroatoms. The van der Waals surface area contributed by atoms with Crippen molar-refractivity contribution < 1.29 is 13.2 Å². The smallest absolute Gasteiger partial charge is 0.292 e. The highest BCUT2D eigenvalue weighted by Gasteiger charge is 2.31. The molecule has 0 atom stereocenters. The van der Waals surface area contributed by atoms with Gasteiger partial charge in [0.15, 0.2) is 0 Å². The highest BCUT2D eigenvalue weighted by molar-refractivity contribution is 4.71. The summed E-state index contributed by atoms with van der Waals surface area (Å²) in [5.41, 5.74) is 2.91. The van der Waals surface area contributed by atoms with Crippen LogP contribution in [-0.2, 0) is 0 Å². The maximum absolute atomic E-state index is 11.9. The second-order valence-electron chi connectivity index (χ2n) is 3.10. The van der Waals surface area contributed by atoms with Crippen molar-refractivity contribution in [2.24, 2.45) is 0 Å². The predicted molar refractivity (Wildman–Crippen MR) is 43.1 cm³/mol. The summed E-state index contributed by atoms with van der Waals surface area (Å²) < 4.78 is 35.8. The Morgan fingerprint density at radius 3 is 2.08 bits per heavy atom. The Morgan fingerprint density at radius 1 is 1.15 bits per heavy atom. The van der Waals surface area contributed by atoms with Gasteiger partial charge < -0.3 is 0 Å². The molecule has 1 aliphatic rings. The predicted octanol–water partition coefficient (Wildman–Crippen LogP) is 0.301.